The van der Waals surface area contributed by atoms with Crippen molar-refractivity contribution in [3.05, 3.63) is 52.0 Å². The van der Waals surface area contributed by atoms with Crippen LogP contribution in [-0.4, -0.2) is 28.0 Å². The van der Waals surface area contributed by atoms with Crippen LogP contribution in [0.2, 0.25) is 5.02 Å². The molecule has 0 aliphatic rings. The zero-order valence-corrected chi connectivity index (χ0v) is 14.9. The first-order chi connectivity index (χ1) is 11.6. The van der Waals surface area contributed by atoms with Crippen LogP contribution in [0.15, 0.2) is 34.9 Å². The number of carbonyl (C=O) groups excluding carboxylic acids is 1. The number of aromatic nitrogens is 2. The number of hydrogen-bond acceptors (Lipinski definition) is 5. The highest BCUT2D eigenvalue weighted by atomic mass is 35.5. The number of aryl methyl sites for hydroxylation is 1. The van der Waals surface area contributed by atoms with E-state index in [-0.39, 0.29) is 12.5 Å². The minimum atomic E-state index is -0.153. The summed E-state index contributed by atoms with van der Waals surface area (Å²) in [6.45, 7) is 2.22. The quantitative estimate of drug-likeness (QED) is 0.640. The summed E-state index contributed by atoms with van der Waals surface area (Å²) >= 11 is 7.93. The van der Waals surface area contributed by atoms with E-state index < -0.39 is 0 Å². The Labute approximate surface area is 148 Å². The topological polar surface area (TPSA) is 59.2 Å². The van der Waals surface area contributed by atoms with Crippen molar-refractivity contribution in [2.75, 3.05) is 7.05 Å². The van der Waals surface area contributed by atoms with Gasteiger partial charge in [0.1, 0.15) is 0 Å². The molecule has 0 N–H and O–H groups in total. The fourth-order valence-corrected chi connectivity index (χ4v) is 3.59. The number of amides is 1. The summed E-state index contributed by atoms with van der Waals surface area (Å²) in [6, 6.07) is 7.90. The third-order valence-electron chi connectivity index (χ3n) is 3.51. The number of fused-ring (bicyclic) bond motifs is 1. The SMILES string of the molecule is CCc1noc(CN(C)C(=O)/C=C/c2sc3ccccc3c2Cl)n1. The van der Waals surface area contributed by atoms with Gasteiger partial charge in [0.05, 0.1) is 11.6 Å². The monoisotopic (exact) mass is 361 g/mol. The normalized spacial score (nSPS) is 11.5. The summed E-state index contributed by atoms with van der Waals surface area (Å²) < 4.78 is 6.20. The summed E-state index contributed by atoms with van der Waals surface area (Å²) in [4.78, 5) is 18.8. The maximum atomic E-state index is 12.2. The van der Waals surface area contributed by atoms with Crippen LogP contribution in [0.1, 0.15) is 23.5 Å². The number of thiophene rings is 1. The maximum absolute atomic E-state index is 12.2. The van der Waals surface area contributed by atoms with Gasteiger partial charge in [0.2, 0.25) is 11.8 Å². The van der Waals surface area contributed by atoms with Gasteiger partial charge in [0.15, 0.2) is 5.82 Å². The number of likely N-dealkylation sites (N-methyl/N-ethyl adjacent to an activating group) is 1. The van der Waals surface area contributed by atoms with Crippen molar-refractivity contribution >= 4 is 45.0 Å². The summed E-state index contributed by atoms with van der Waals surface area (Å²) in [6.07, 6.45) is 3.95. The van der Waals surface area contributed by atoms with Crippen LogP contribution in [0.4, 0.5) is 0 Å². The molecule has 0 bridgehead atoms. The van der Waals surface area contributed by atoms with Crippen LogP contribution in [0, 0.1) is 0 Å². The smallest absolute Gasteiger partial charge is 0.246 e. The van der Waals surface area contributed by atoms with Crippen molar-refractivity contribution in [2.45, 2.75) is 19.9 Å². The van der Waals surface area contributed by atoms with Crippen LogP contribution in [-0.2, 0) is 17.8 Å². The number of rotatable bonds is 5. The van der Waals surface area contributed by atoms with E-state index in [1.54, 1.807) is 24.5 Å². The molecule has 5 nitrogen and oxygen atoms in total. The van der Waals surface area contributed by atoms with Crippen LogP contribution < -0.4 is 0 Å². The van der Waals surface area contributed by atoms with Gasteiger partial charge in [-0.15, -0.1) is 11.3 Å². The summed E-state index contributed by atoms with van der Waals surface area (Å²) in [7, 11) is 1.69. The highest BCUT2D eigenvalue weighted by Crippen LogP contribution is 2.35. The van der Waals surface area contributed by atoms with Gasteiger partial charge >= 0.3 is 0 Å². The highest BCUT2D eigenvalue weighted by molar-refractivity contribution is 7.20. The molecule has 0 saturated heterocycles. The van der Waals surface area contributed by atoms with E-state index in [0.29, 0.717) is 23.2 Å². The second kappa shape index (κ2) is 7.15. The van der Waals surface area contributed by atoms with Crippen molar-refractivity contribution in [2.24, 2.45) is 0 Å². The second-order valence-corrected chi connectivity index (χ2v) is 6.72. The van der Waals surface area contributed by atoms with E-state index in [9.17, 15) is 4.79 Å². The van der Waals surface area contributed by atoms with Crippen LogP contribution in [0.25, 0.3) is 16.2 Å². The van der Waals surface area contributed by atoms with Crippen molar-refractivity contribution in [1.82, 2.24) is 15.0 Å². The van der Waals surface area contributed by atoms with E-state index in [1.165, 1.54) is 11.0 Å². The van der Waals surface area contributed by atoms with Crippen molar-refractivity contribution in [1.29, 1.82) is 0 Å². The Balaban J connectivity index is 1.70. The third-order valence-corrected chi connectivity index (χ3v) is 5.17. The predicted octanol–water partition coefficient (Wildman–Crippen LogP) is 4.17. The summed E-state index contributed by atoms with van der Waals surface area (Å²) in [5, 5.41) is 5.49. The Morgan fingerprint density at radius 3 is 2.92 bits per heavy atom. The van der Waals surface area contributed by atoms with Crippen molar-refractivity contribution < 1.29 is 9.32 Å². The molecule has 3 aromatic rings. The number of carbonyl (C=O) groups is 1. The lowest BCUT2D eigenvalue weighted by Gasteiger charge is -2.11. The molecule has 2 heterocycles. The first kappa shape index (κ1) is 16.7. The highest BCUT2D eigenvalue weighted by Gasteiger charge is 2.12. The van der Waals surface area contributed by atoms with E-state index in [4.69, 9.17) is 16.1 Å². The Hall–Kier alpha value is -2.18. The first-order valence-corrected chi connectivity index (χ1v) is 8.69. The molecule has 0 unspecified atom stereocenters. The number of halogens is 1. The van der Waals surface area contributed by atoms with Crippen LogP contribution in [0.3, 0.4) is 0 Å². The average Bonchev–Trinajstić information content (AvgIpc) is 3.17. The van der Waals surface area contributed by atoms with E-state index in [1.807, 2.05) is 31.2 Å². The predicted molar refractivity (Wildman–Crippen MR) is 96.0 cm³/mol. The largest absolute Gasteiger partial charge is 0.337 e. The van der Waals surface area contributed by atoms with Gasteiger partial charge in [-0.25, -0.2) is 0 Å². The van der Waals surface area contributed by atoms with E-state index in [2.05, 4.69) is 10.1 Å². The molecular formula is C17H16ClN3O2S. The van der Waals surface area contributed by atoms with Gasteiger partial charge < -0.3 is 9.42 Å². The molecule has 2 aromatic heterocycles. The minimum Gasteiger partial charge on any atom is -0.337 e. The molecular weight excluding hydrogens is 346 g/mol. The Kier molecular flexibility index (Phi) is 4.97. The Bertz CT molecular complexity index is 900. The molecule has 7 heteroatoms. The molecule has 0 radical (unpaired) electrons. The minimum absolute atomic E-state index is 0.153. The molecule has 0 aliphatic heterocycles. The molecule has 0 atom stereocenters. The third kappa shape index (κ3) is 3.49. The van der Waals surface area contributed by atoms with Gasteiger partial charge in [-0.05, 0) is 12.1 Å². The zero-order chi connectivity index (χ0) is 17.1. The molecule has 0 fully saturated rings. The molecule has 1 aromatic carbocycles. The summed E-state index contributed by atoms with van der Waals surface area (Å²) in [5.74, 6) is 0.911. The lowest BCUT2D eigenvalue weighted by molar-refractivity contribution is -0.125. The molecule has 1 amide bonds. The van der Waals surface area contributed by atoms with Crippen LogP contribution in [0.5, 0.6) is 0 Å². The molecule has 0 spiro atoms. The fourth-order valence-electron chi connectivity index (χ4n) is 2.19. The van der Waals surface area contributed by atoms with Gasteiger partial charge in [-0.1, -0.05) is 41.9 Å². The second-order valence-electron chi connectivity index (χ2n) is 5.26. The fraction of sp³-hybridized carbons (Fsp3) is 0.235. The Morgan fingerprint density at radius 1 is 1.42 bits per heavy atom. The van der Waals surface area contributed by atoms with Crippen molar-refractivity contribution in [3.63, 3.8) is 0 Å². The van der Waals surface area contributed by atoms with Crippen LogP contribution >= 0.6 is 22.9 Å². The average molecular weight is 362 g/mol. The Morgan fingerprint density at radius 2 is 2.21 bits per heavy atom. The molecule has 124 valence electrons. The number of benzene rings is 1. The van der Waals surface area contributed by atoms with Gasteiger partial charge in [-0.2, -0.15) is 4.98 Å². The molecule has 0 aliphatic carbocycles. The lowest BCUT2D eigenvalue weighted by Crippen LogP contribution is -2.24. The molecule has 24 heavy (non-hydrogen) atoms. The number of hydrogen-bond donors (Lipinski definition) is 0. The molecule has 3 rings (SSSR count). The standard InChI is InChI=1S/C17H16ClN3O2S/c1-3-14-19-15(23-20-14)10-21(2)16(22)9-8-13-17(18)11-6-4-5-7-12(11)24-13/h4-9H,3,10H2,1-2H3/b9-8+. The van der Waals surface area contributed by atoms with Gasteiger partial charge in [-0.3, -0.25) is 4.79 Å². The van der Waals surface area contributed by atoms with Crippen molar-refractivity contribution in [3.8, 4) is 0 Å². The van der Waals surface area contributed by atoms with E-state index >= 15 is 0 Å². The summed E-state index contributed by atoms with van der Waals surface area (Å²) in [5.41, 5.74) is 0. The van der Waals surface area contributed by atoms with Gasteiger partial charge in [0.25, 0.3) is 0 Å². The lowest BCUT2D eigenvalue weighted by atomic mass is 10.2. The molecule has 0 saturated carbocycles. The van der Waals surface area contributed by atoms with Gasteiger partial charge in [0, 0.05) is 34.5 Å². The zero-order valence-electron chi connectivity index (χ0n) is 13.3. The van der Waals surface area contributed by atoms with E-state index in [0.717, 1.165) is 15.0 Å². The maximum Gasteiger partial charge on any atom is 0.246 e. The first-order valence-electron chi connectivity index (χ1n) is 7.50. The number of nitrogens with zero attached hydrogens (tertiary/aromatic N) is 3.